The highest BCUT2D eigenvalue weighted by Crippen LogP contribution is 2.13. The van der Waals surface area contributed by atoms with Crippen LogP contribution in [-0.4, -0.2) is 12.5 Å². The molecule has 0 saturated heterocycles. The van der Waals surface area contributed by atoms with Gasteiger partial charge in [-0.1, -0.05) is 36.8 Å². The van der Waals surface area contributed by atoms with E-state index in [1.807, 2.05) is 38.1 Å². The number of nitrogens with two attached hydrogens (primary N) is 1. The molecule has 0 aliphatic carbocycles. The molecule has 3 heteroatoms. The van der Waals surface area contributed by atoms with E-state index in [1.165, 1.54) is 0 Å². The fourth-order valence-corrected chi connectivity index (χ4v) is 1.44. The van der Waals surface area contributed by atoms with Gasteiger partial charge >= 0.3 is 0 Å². The van der Waals surface area contributed by atoms with Crippen molar-refractivity contribution in [2.75, 3.05) is 6.54 Å². The smallest absolute Gasteiger partial charge is 0.239 e. The van der Waals surface area contributed by atoms with Gasteiger partial charge in [-0.2, -0.15) is 0 Å². The summed E-state index contributed by atoms with van der Waals surface area (Å²) in [5, 5.41) is 3.05. The summed E-state index contributed by atoms with van der Waals surface area (Å²) in [5.41, 5.74) is 7.36. The lowest BCUT2D eigenvalue weighted by molar-refractivity contribution is -0.120. The predicted molar refractivity (Wildman–Crippen MR) is 56.8 cm³/mol. The van der Waals surface area contributed by atoms with Gasteiger partial charge in [0.2, 0.25) is 5.91 Å². The van der Waals surface area contributed by atoms with Gasteiger partial charge < -0.3 is 11.1 Å². The highest BCUT2D eigenvalue weighted by atomic mass is 16.1. The Balaban J connectivity index is 2.93. The molecule has 0 aromatic heterocycles. The van der Waals surface area contributed by atoms with Crippen LogP contribution in [0.4, 0.5) is 0 Å². The molecular weight excluding hydrogens is 176 g/mol. The molecule has 1 amide bonds. The maximum atomic E-state index is 11.2. The van der Waals surface area contributed by atoms with E-state index in [2.05, 4.69) is 5.32 Å². The van der Waals surface area contributed by atoms with Gasteiger partial charge in [-0.05, 0) is 19.0 Å². The van der Waals surface area contributed by atoms with E-state index in [0.717, 1.165) is 17.7 Å². The topological polar surface area (TPSA) is 55.1 Å². The molecule has 1 aromatic rings. The number of carbonyl (C=O) groups is 1. The summed E-state index contributed by atoms with van der Waals surface area (Å²) in [6, 6.07) is 7.43. The molecule has 3 nitrogen and oxygen atoms in total. The molecule has 0 heterocycles. The lowest BCUT2D eigenvalue weighted by atomic mass is 10.0. The molecule has 0 aliphatic heterocycles. The third-order valence-corrected chi connectivity index (χ3v) is 2.07. The standard InChI is InChI=1S/C11H16N2O/c1-3-13-10(11(12)14)9-6-4-5-8(2)7-9/h4-7,10,13H,3H2,1-2H3,(H2,12,14). The summed E-state index contributed by atoms with van der Waals surface area (Å²) < 4.78 is 0. The summed E-state index contributed by atoms with van der Waals surface area (Å²) in [4.78, 5) is 11.2. The second-order valence-electron chi connectivity index (χ2n) is 3.31. The minimum absolute atomic E-state index is 0.336. The van der Waals surface area contributed by atoms with Gasteiger partial charge in [-0.25, -0.2) is 0 Å². The Morgan fingerprint density at radius 3 is 2.79 bits per heavy atom. The Labute approximate surface area is 84.3 Å². The number of hydrogen-bond donors (Lipinski definition) is 2. The van der Waals surface area contributed by atoms with Crippen LogP contribution in [0.5, 0.6) is 0 Å². The molecule has 1 atom stereocenters. The van der Waals surface area contributed by atoms with Crippen molar-refractivity contribution in [1.29, 1.82) is 0 Å². The van der Waals surface area contributed by atoms with E-state index in [0.29, 0.717) is 0 Å². The van der Waals surface area contributed by atoms with Crippen molar-refractivity contribution in [3.63, 3.8) is 0 Å². The highest BCUT2D eigenvalue weighted by Gasteiger charge is 2.15. The van der Waals surface area contributed by atoms with Crippen LogP contribution in [-0.2, 0) is 4.79 Å². The van der Waals surface area contributed by atoms with E-state index in [1.54, 1.807) is 0 Å². The monoisotopic (exact) mass is 192 g/mol. The van der Waals surface area contributed by atoms with Gasteiger partial charge in [-0.3, -0.25) is 4.79 Å². The number of hydrogen-bond acceptors (Lipinski definition) is 2. The molecule has 0 spiro atoms. The molecule has 0 bridgehead atoms. The molecule has 14 heavy (non-hydrogen) atoms. The normalized spacial score (nSPS) is 12.4. The molecule has 3 N–H and O–H groups in total. The number of benzene rings is 1. The third-order valence-electron chi connectivity index (χ3n) is 2.07. The first-order chi connectivity index (χ1) is 6.65. The number of amides is 1. The Hall–Kier alpha value is -1.35. The summed E-state index contributed by atoms with van der Waals surface area (Å²) >= 11 is 0. The number of nitrogens with one attached hydrogen (secondary N) is 1. The zero-order valence-corrected chi connectivity index (χ0v) is 8.58. The van der Waals surface area contributed by atoms with Gasteiger partial charge in [0.25, 0.3) is 0 Å². The Kier molecular flexibility index (Phi) is 3.65. The first-order valence-electron chi connectivity index (χ1n) is 4.74. The van der Waals surface area contributed by atoms with E-state index in [4.69, 9.17) is 5.73 Å². The van der Waals surface area contributed by atoms with Crippen LogP contribution >= 0.6 is 0 Å². The van der Waals surface area contributed by atoms with E-state index >= 15 is 0 Å². The van der Waals surface area contributed by atoms with Crippen LogP contribution in [0.3, 0.4) is 0 Å². The average Bonchev–Trinajstić information content (AvgIpc) is 2.13. The molecule has 0 radical (unpaired) electrons. The maximum Gasteiger partial charge on any atom is 0.239 e. The molecule has 1 unspecified atom stereocenters. The van der Waals surface area contributed by atoms with E-state index in [-0.39, 0.29) is 11.9 Å². The van der Waals surface area contributed by atoms with Crippen LogP contribution < -0.4 is 11.1 Å². The quantitative estimate of drug-likeness (QED) is 0.751. The van der Waals surface area contributed by atoms with Gasteiger partial charge in [-0.15, -0.1) is 0 Å². The fraction of sp³-hybridized carbons (Fsp3) is 0.364. The summed E-state index contributed by atoms with van der Waals surface area (Å²) in [6.07, 6.45) is 0. The summed E-state index contributed by atoms with van der Waals surface area (Å²) in [7, 11) is 0. The van der Waals surface area contributed by atoms with E-state index < -0.39 is 0 Å². The van der Waals surface area contributed by atoms with Crippen molar-refractivity contribution in [2.45, 2.75) is 19.9 Å². The minimum atomic E-state index is -0.375. The van der Waals surface area contributed by atoms with Gasteiger partial charge in [0.15, 0.2) is 0 Å². The van der Waals surface area contributed by atoms with Crippen molar-refractivity contribution < 1.29 is 4.79 Å². The molecular formula is C11H16N2O. The van der Waals surface area contributed by atoms with Gasteiger partial charge in [0, 0.05) is 0 Å². The van der Waals surface area contributed by atoms with Crippen LogP contribution in [0.25, 0.3) is 0 Å². The van der Waals surface area contributed by atoms with Crippen LogP contribution in [0.15, 0.2) is 24.3 Å². The van der Waals surface area contributed by atoms with E-state index in [9.17, 15) is 4.79 Å². The summed E-state index contributed by atoms with van der Waals surface area (Å²) in [5.74, 6) is -0.336. The molecule has 76 valence electrons. The van der Waals surface area contributed by atoms with Crippen molar-refractivity contribution in [3.8, 4) is 0 Å². The van der Waals surface area contributed by atoms with Crippen molar-refractivity contribution in [2.24, 2.45) is 5.73 Å². The molecule has 1 rings (SSSR count). The average molecular weight is 192 g/mol. The number of likely N-dealkylation sites (N-methyl/N-ethyl adjacent to an activating group) is 1. The largest absolute Gasteiger partial charge is 0.368 e. The lowest BCUT2D eigenvalue weighted by Crippen LogP contribution is -2.33. The molecule has 0 aliphatic rings. The van der Waals surface area contributed by atoms with Crippen molar-refractivity contribution in [3.05, 3.63) is 35.4 Å². The maximum absolute atomic E-state index is 11.2. The minimum Gasteiger partial charge on any atom is -0.368 e. The first-order valence-corrected chi connectivity index (χ1v) is 4.74. The predicted octanol–water partition coefficient (Wildman–Crippen LogP) is 1.13. The molecule has 1 aromatic carbocycles. The number of aryl methyl sites for hydroxylation is 1. The van der Waals surface area contributed by atoms with Gasteiger partial charge in [0.1, 0.15) is 6.04 Å². The van der Waals surface area contributed by atoms with Crippen LogP contribution in [0.1, 0.15) is 24.1 Å². The third kappa shape index (κ3) is 2.57. The van der Waals surface area contributed by atoms with Crippen LogP contribution in [0.2, 0.25) is 0 Å². The lowest BCUT2D eigenvalue weighted by Gasteiger charge is -2.14. The van der Waals surface area contributed by atoms with Crippen LogP contribution in [0, 0.1) is 6.92 Å². The second-order valence-corrected chi connectivity index (χ2v) is 3.31. The number of rotatable bonds is 4. The number of carbonyl (C=O) groups excluding carboxylic acids is 1. The highest BCUT2D eigenvalue weighted by molar-refractivity contribution is 5.81. The summed E-state index contributed by atoms with van der Waals surface area (Å²) in [6.45, 7) is 4.67. The van der Waals surface area contributed by atoms with Gasteiger partial charge in [0.05, 0.1) is 0 Å². The Bertz CT molecular complexity index is 323. The fourth-order valence-electron chi connectivity index (χ4n) is 1.44. The Morgan fingerprint density at radius 1 is 1.57 bits per heavy atom. The zero-order valence-electron chi connectivity index (χ0n) is 8.58. The first kappa shape index (κ1) is 10.7. The Morgan fingerprint density at radius 2 is 2.29 bits per heavy atom. The van der Waals surface area contributed by atoms with Crippen molar-refractivity contribution >= 4 is 5.91 Å². The molecule has 0 fully saturated rings. The molecule has 0 saturated carbocycles. The van der Waals surface area contributed by atoms with Crippen molar-refractivity contribution in [1.82, 2.24) is 5.32 Å². The zero-order chi connectivity index (χ0) is 10.6. The second kappa shape index (κ2) is 4.77. The number of primary amides is 1. The SMILES string of the molecule is CCNC(C(N)=O)c1cccc(C)c1.